The second kappa shape index (κ2) is 9.77. The Morgan fingerprint density at radius 2 is 0.767 bits per heavy atom. The third-order valence-corrected chi connectivity index (χ3v) is 10.2. The maximum Gasteiger partial charge on any atom is 0.0882 e. The zero-order chi connectivity index (χ0) is 21.2. The van der Waals surface area contributed by atoms with Crippen molar-refractivity contribution in [2.24, 2.45) is 0 Å². The number of piperidine rings is 2. The number of hydrogen-bond acceptors (Lipinski definition) is 2. The Morgan fingerprint density at radius 1 is 0.500 bits per heavy atom. The minimum Gasteiger partial charge on any atom is -0.852 e. The summed E-state index contributed by atoms with van der Waals surface area (Å²) in [6.07, 6.45) is 19.4. The normalized spacial score (nSPS) is 45.2. The lowest BCUT2D eigenvalue weighted by Crippen LogP contribution is -2.60. The van der Waals surface area contributed by atoms with Gasteiger partial charge >= 0.3 is 0 Å². The lowest BCUT2D eigenvalue weighted by Gasteiger charge is -2.49. The molecule has 0 N–H and O–H groups in total. The second-order valence-corrected chi connectivity index (χ2v) is 11.9. The SMILES string of the molecule is C[N+]1(CCCCCCCCCC[N+]2(C)C3CCC2CC([O-])C3)C2CCC1CC([O-])C2. The van der Waals surface area contributed by atoms with Crippen molar-refractivity contribution in [3.8, 4) is 0 Å². The molecule has 174 valence electrons. The third kappa shape index (κ3) is 4.77. The van der Waals surface area contributed by atoms with Crippen LogP contribution >= 0.6 is 0 Å². The van der Waals surface area contributed by atoms with Gasteiger partial charge < -0.3 is 19.2 Å². The van der Waals surface area contributed by atoms with Gasteiger partial charge in [-0.25, -0.2) is 0 Å². The van der Waals surface area contributed by atoms with E-state index in [9.17, 15) is 10.2 Å². The first-order chi connectivity index (χ1) is 14.4. The van der Waals surface area contributed by atoms with Crippen molar-refractivity contribution in [2.45, 2.75) is 139 Å². The summed E-state index contributed by atoms with van der Waals surface area (Å²) in [6.45, 7) is 2.62. The highest BCUT2D eigenvalue weighted by Gasteiger charge is 2.49. The predicted molar refractivity (Wildman–Crippen MR) is 119 cm³/mol. The molecule has 0 saturated carbocycles. The first-order valence-electron chi connectivity index (χ1n) is 13.4. The van der Waals surface area contributed by atoms with Crippen LogP contribution in [0.2, 0.25) is 0 Å². The Labute approximate surface area is 185 Å². The second-order valence-electron chi connectivity index (χ2n) is 11.9. The molecule has 4 rings (SSSR count). The first-order valence-corrected chi connectivity index (χ1v) is 13.4. The molecule has 4 unspecified atom stereocenters. The largest absolute Gasteiger partial charge is 0.852 e. The number of fused-ring (bicyclic) bond motifs is 4. The quantitative estimate of drug-likeness (QED) is 0.381. The molecule has 30 heavy (non-hydrogen) atoms. The Morgan fingerprint density at radius 3 is 1.07 bits per heavy atom. The van der Waals surface area contributed by atoms with Crippen molar-refractivity contribution in [1.82, 2.24) is 0 Å². The van der Waals surface area contributed by atoms with Gasteiger partial charge in [0.05, 0.1) is 51.4 Å². The van der Waals surface area contributed by atoms with Crippen molar-refractivity contribution >= 4 is 0 Å². The number of unbranched alkanes of at least 4 members (excludes halogenated alkanes) is 7. The van der Waals surface area contributed by atoms with Crippen LogP contribution in [0.25, 0.3) is 0 Å². The van der Waals surface area contributed by atoms with E-state index in [0.29, 0.717) is 24.2 Å². The van der Waals surface area contributed by atoms with Crippen LogP contribution in [0.3, 0.4) is 0 Å². The fraction of sp³-hybridized carbons (Fsp3) is 1.00. The van der Waals surface area contributed by atoms with E-state index in [1.54, 1.807) is 0 Å². The fourth-order valence-corrected chi connectivity index (χ4v) is 8.08. The topological polar surface area (TPSA) is 46.1 Å². The summed E-state index contributed by atoms with van der Waals surface area (Å²) in [5.74, 6) is 0. The van der Waals surface area contributed by atoms with Gasteiger partial charge in [-0.05, 0) is 51.4 Å². The minimum absolute atomic E-state index is 0.271. The van der Waals surface area contributed by atoms with E-state index >= 15 is 0 Å². The van der Waals surface area contributed by atoms with E-state index in [-0.39, 0.29) is 12.2 Å². The molecule has 4 bridgehead atoms. The zero-order valence-corrected chi connectivity index (χ0v) is 19.9. The molecule has 4 saturated heterocycles. The average molecular weight is 421 g/mol. The molecule has 4 nitrogen and oxygen atoms in total. The number of nitrogens with zero attached hydrogens (tertiary/aromatic N) is 2. The Bertz CT molecular complexity index is 477. The van der Waals surface area contributed by atoms with Gasteiger partial charge in [0.1, 0.15) is 0 Å². The van der Waals surface area contributed by atoms with Crippen LogP contribution < -0.4 is 10.2 Å². The summed E-state index contributed by atoms with van der Waals surface area (Å²) in [5, 5.41) is 23.9. The zero-order valence-electron chi connectivity index (χ0n) is 19.9. The van der Waals surface area contributed by atoms with Gasteiger partial charge in [-0.1, -0.05) is 25.7 Å². The fourth-order valence-electron chi connectivity index (χ4n) is 8.08. The van der Waals surface area contributed by atoms with Crippen LogP contribution in [0.4, 0.5) is 0 Å². The van der Waals surface area contributed by atoms with Crippen LogP contribution in [0.1, 0.15) is 103 Å². The van der Waals surface area contributed by atoms with Crippen molar-refractivity contribution in [2.75, 3.05) is 27.2 Å². The highest BCUT2D eigenvalue weighted by molar-refractivity contribution is 4.86. The summed E-state index contributed by atoms with van der Waals surface area (Å²) in [7, 11) is 4.89. The molecule has 0 aromatic carbocycles. The van der Waals surface area contributed by atoms with Crippen LogP contribution in [0.5, 0.6) is 0 Å². The van der Waals surface area contributed by atoms with Crippen LogP contribution in [-0.4, -0.2) is 72.5 Å². The molecule has 4 aliphatic heterocycles. The molecule has 0 aromatic rings. The van der Waals surface area contributed by atoms with Crippen LogP contribution in [-0.2, 0) is 0 Å². The smallest absolute Gasteiger partial charge is 0.0882 e. The van der Waals surface area contributed by atoms with E-state index in [1.807, 2.05) is 0 Å². The molecule has 0 amide bonds. The van der Waals surface area contributed by atoms with Gasteiger partial charge in [-0.3, -0.25) is 0 Å². The van der Waals surface area contributed by atoms with Gasteiger partial charge in [0.15, 0.2) is 0 Å². The molecule has 4 aliphatic rings. The molecule has 4 atom stereocenters. The molecule has 0 spiro atoms. The maximum atomic E-state index is 12.0. The van der Waals surface area contributed by atoms with Gasteiger partial charge in [-0.15, -0.1) is 12.2 Å². The first kappa shape index (κ1) is 23.0. The molecule has 0 aliphatic carbocycles. The Balaban J connectivity index is 1.02. The van der Waals surface area contributed by atoms with E-state index < -0.39 is 0 Å². The molecule has 4 heteroatoms. The summed E-state index contributed by atoms with van der Waals surface area (Å²) in [6, 6.07) is 2.69. The standard InChI is InChI=1S/C26H48N2O2/c1-27(21-11-12-22(27)18-25(29)17-21)15-9-7-5-3-4-6-8-10-16-28(2)23-13-14-24(28)20-26(30)19-23/h21-26H,3-20H2,1-2H3. The summed E-state index contributed by atoms with van der Waals surface area (Å²) in [4.78, 5) is 0. The molecule has 0 aromatic heterocycles. The predicted octanol–water partition coefficient (Wildman–Crippen LogP) is 3.11. The monoisotopic (exact) mass is 420 g/mol. The van der Waals surface area contributed by atoms with Crippen LogP contribution in [0.15, 0.2) is 0 Å². The third-order valence-electron chi connectivity index (χ3n) is 10.2. The van der Waals surface area contributed by atoms with Gasteiger partial charge in [-0.2, -0.15) is 0 Å². The van der Waals surface area contributed by atoms with E-state index in [2.05, 4.69) is 14.1 Å². The van der Waals surface area contributed by atoms with E-state index in [1.165, 1.54) is 99.1 Å². The summed E-state index contributed by atoms with van der Waals surface area (Å²) < 4.78 is 2.45. The van der Waals surface area contributed by atoms with Gasteiger partial charge in [0.2, 0.25) is 0 Å². The van der Waals surface area contributed by atoms with Crippen molar-refractivity contribution in [3.05, 3.63) is 0 Å². The highest BCUT2D eigenvalue weighted by Crippen LogP contribution is 2.42. The summed E-state index contributed by atoms with van der Waals surface area (Å²) in [5.41, 5.74) is 0. The minimum atomic E-state index is -0.271. The number of rotatable bonds is 11. The van der Waals surface area contributed by atoms with E-state index in [0.717, 1.165) is 25.7 Å². The highest BCUT2D eigenvalue weighted by atomic mass is 16.3. The molecular weight excluding hydrogens is 372 g/mol. The average Bonchev–Trinajstić information content (AvgIpc) is 2.98. The lowest BCUT2D eigenvalue weighted by molar-refractivity contribution is -0.951. The van der Waals surface area contributed by atoms with Crippen molar-refractivity contribution < 1.29 is 19.2 Å². The lowest BCUT2D eigenvalue weighted by atomic mass is 9.96. The molecule has 0 radical (unpaired) electrons. The number of quaternary nitrogens is 2. The number of hydrogen-bond donors (Lipinski definition) is 0. The van der Waals surface area contributed by atoms with Crippen molar-refractivity contribution in [3.63, 3.8) is 0 Å². The molecule has 4 heterocycles. The van der Waals surface area contributed by atoms with Crippen LogP contribution in [0, 0.1) is 0 Å². The van der Waals surface area contributed by atoms with Gasteiger partial charge in [0.25, 0.3) is 0 Å². The van der Waals surface area contributed by atoms with Crippen molar-refractivity contribution in [1.29, 1.82) is 0 Å². The maximum absolute atomic E-state index is 12.0. The Kier molecular flexibility index (Phi) is 7.49. The Hall–Kier alpha value is -0.160. The molecule has 4 fully saturated rings. The van der Waals surface area contributed by atoms with Gasteiger partial charge in [0, 0.05) is 25.7 Å². The van der Waals surface area contributed by atoms with E-state index in [4.69, 9.17) is 0 Å². The molecular formula is C26H48N2O2. The summed E-state index contributed by atoms with van der Waals surface area (Å²) >= 11 is 0.